The van der Waals surface area contributed by atoms with Gasteiger partial charge in [-0.2, -0.15) is 0 Å². The Morgan fingerprint density at radius 1 is 1.03 bits per heavy atom. The van der Waals surface area contributed by atoms with Gasteiger partial charge in [0.1, 0.15) is 18.1 Å². The van der Waals surface area contributed by atoms with Gasteiger partial charge in [-0.05, 0) is 57.4 Å². The van der Waals surface area contributed by atoms with E-state index >= 15 is 0 Å². The smallest absolute Gasteiger partial charge is 0.328 e. The molecule has 4 amide bonds. The van der Waals surface area contributed by atoms with Gasteiger partial charge in [0, 0.05) is 24.6 Å². The number of hydrogen-bond donors (Lipinski definition) is 4. The second kappa shape index (κ2) is 12.4. The van der Waals surface area contributed by atoms with Crippen molar-refractivity contribution in [1.29, 1.82) is 0 Å². The number of nitrogens with zero attached hydrogens (tertiary/aromatic N) is 1. The van der Waals surface area contributed by atoms with Crippen LogP contribution >= 0.6 is 0 Å². The van der Waals surface area contributed by atoms with Crippen LogP contribution in [0.3, 0.4) is 0 Å². The van der Waals surface area contributed by atoms with Crippen molar-refractivity contribution >= 4 is 29.6 Å². The molecule has 3 aliphatic rings. The summed E-state index contributed by atoms with van der Waals surface area (Å²) in [5.41, 5.74) is 1.10. The van der Waals surface area contributed by atoms with Crippen molar-refractivity contribution in [3.63, 3.8) is 0 Å². The zero-order valence-electron chi connectivity index (χ0n) is 22.0. The van der Waals surface area contributed by atoms with Crippen LogP contribution in [-0.2, 0) is 30.5 Å². The second-order valence-electron chi connectivity index (χ2n) is 10.2. The lowest BCUT2D eigenvalue weighted by molar-refractivity contribution is -0.144. The topological polar surface area (TPSA) is 146 Å². The molecule has 0 radical (unpaired) electrons. The minimum Gasteiger partial charge on any atom is -0.464 e. The highest BCUT2D eigenvalue weighted by atomic mass is 16.5. The third kappa shape index (κ3) is 6.32. The zero-order valence-corrected chi connectivity index (χ0v) is 22.0. The zero-order chi connectivity index (χ0) is 27.2. The summed E-state index contributed by atoms with van der Waals surface area (Å²) >= 11 is 0. The van der Waals surface area contributed by atoms with Crippen LogP contribution in [0.4, 0.5) is 0 Å². The Bertz CT molecular complexity index is 1080. The molecule has 0 spiro atoms. The van der Waals surface area contributed by atoms with Gasteiger partial charge in [0.15, 0.2) is 0 Å². The van der Waals surface area contributed by atoms with Crippen LogP contribution in [-0.4, -0.2) is 78.4 Å². The number of likely N-dealkylation sites (N-methyl/N-ethyl adjacent to an activating group) is 1. The lowest BCUT2D eigenvalue weighted by atomic mass is 9.98. The summed E-state index contributed by atoms with van der Waals surface area (Å²) in [6.45, 7) is 2.22. The second-order valence-corrected chi connectivity index (χ2v) is 10.2. The van der Waals surface area contributed by atoms with Crippen LogP contribution in [0.25, 0.3) is 0 Å². The number of carbonyl (C=O) groups is 5. The van der Waals surface area contributed by atoms with Crippen molar-refractivity contribution in [3.05, 3.63) is 35.4 Å². The Morgan fingerprint density at radius 2 is 1.82 bits per heavy atom. The molecule has 3 heterocycles. The Morgan fingerprint density at radius 3 is 2.55 bits per heavy atom. The van der Waals surface area contributed by atoms with E-state index in [1.165, 1.54) is 0 Å². The Balaban J connectivity index is 1.38. The largest absolute Gasteiger partial charge is 0.464 e. The van der Waals surface area contributed by atoms with Gasteiger partial charge in [-0.25, -0.2) is 4.79 Å². The van der Waals surface area contributed by atoms with Crippen LogP contribution in [0, 0.1) is 0 Å². The minimum atomic E-state index is -0.651. The summed E-state index contributed by atoms with van der Waals surface area (Å²) in [5.74, 6) is -1.51. The molecule has 4 rings (SSSR count). The van der Waals surface area contributed by atoms with Crippen LogP contribution in [0.5, 0.6) is 0 Å². The number of esters is 1. The molecule has 206 valence electrons. The first-order valence-electron chi connectivity index (χ1n) is 13.4. The Kier molecular flexibility index (Phi) is 8.98. The number of cyclic esters (lactones) is 1. The first-order chi connectivity index (χ1) is 18.3. The summed E-state index contributed by atoms with van der Waals surface area (Å²) < 4.78 is 4.89. The molecule has 38 heavy (non-hydrogen) atoms. The Labute approximate surface area is 222 Å². The minimum absolute atomic E-state index is 0.0195. The molecule has 0 saturated carbocycles. The quantitative estimate of drug-likeness (QED) is 0.358. The standard InChI is InChI=1S/C27H37N5O6/c1-16(28-2)23(33)30-20-9-4-3-8-19-10-11-22(32(19)26(20)36)25(35)29-15-17-6-5-7-18(14-17)24(34)31-21-12-13-38-27(21)37/h5-7,14,16,19-22,28H,3-4,8-13,15H2,1-2H3,(H,29,35)(H,30,33)(H,31,34)/t16-,19?,20-,21+,22-/m0/s1. The monoisotopic (exact) mass is 527 g/mol. The SMILES string of the molecule is CN[C@@H](C)C(=O)N[C@H]1CCCCC2CC[C@@H](C(=O)NCc3cccc(C(=O)N[C@@H]4CCOC4=O)c3)N2C1=O. The van der Waals surface area contributed by atoms with E-state index in [-0.39, 0.29) is 36.2 Å². The summed E-state index contributed by atoms with van der Waals surface area (Å²) in [6.07, 6.45) is 4.92. The van der Waals surface area contributed by atoms with Gasteiger partial charge in [0.2, 0.25) is 17.7 Å². The molecule has 4 N–H and O–H groups in total. The van der Waals surface area contributed by atoms with Gasteiger partial charge in [0.25, 0.3) is 5.91 Å². The van der Waals surface area contributed by atoms with Gasteiger partial charge >= 0.3 is 5.97 Å². The molecule has 3 fully saturated rings. The highest BCUT2D eigenvalue weighted by molar-refractivity contribution is 5.97. The van der Waals surface area contributed by atoms with E-state index in [0.717, 1.165) is 31.2 Å². The van der Waals surface area contributed by atoms with Crippen LogP contribution < -0.4 is 21.3 Å². The lowest BCUT2D eigenvalue weighted by Gasteiger charge is -2.35. The molecule has 11 heteroatoms. The van der Waals surface area contributed by atoms with E-state index in [2.05, 4.69) is 21.3 Å². The molecule has 1 aromatic carbocycles. The van der Waals surface area contributed by atoms with Crippen molar-refractivity contribution in [1.82, 2.24) is 26.2 Å². The summed E-state index contributed by atoms with van der Waals surface area (Å²) in [6, 6.07) is 4.48. The third-order valence-corrected chi connectivity index (χ3v) is 7.68. The molecular weight excluding hydrogens is 490 g/mol. The lowest BCUT2D eigenvalue weighted by Crippen LogP contribution is -2.57. The molecular formula is C27H37N5O6. The van der Waals surface area contributed by atoms with E-state index in [9.17, 15) is 24.0 Å². The average molecular weight is 528 g/mol. The fourth-order valence-corrected chi connectivity index (χ4v) is 5.35. The summed E-state index contributed by atoms with van der Waals surface area (Å²) in [7, 11) is 1.69. The number of nitrogens with one attached hydrogen (secondary N) is 4. The number of rotatable bonds is 8. The van der Waals surface area contributed by atoms with E-state index in [4.69, 9.17) is 4.74 Å². The number of ether oxygens (including phenoxy) is 1. The predicted octanol–water partition coefficient (Wildman–Crippen LogP) is 0.374. The first-order valence-corrected chi connectivity index (χ1v) is 13.4. The van der Waals surface area contributed by atoms with Crippen molar-refractivity contribution in [2.24, 2.45) is 0 Å². The number of hydrogen-bond acceptors (Lipinski definition) is 7. The van der Waals surface area contributed by atoms with Gasteiger partial charge < -0.3 is 30.9 Å². The normalized spacial score (nSPS) is 26.0. The average Bonchev–Trinajstić information content (AvgIpc) is 3.52. The fraction of sp³-hybridized carbons (Fsp3) is 0.593. The molecule has 3 saturated heterocycles. The molecule has 11 nitrogen and oxygen atoms in total. The number of amides is 4. The first kappa shape index (κ1) is 27.6. The number of benzene rings is 1. The molecule has 1 unspecified atom stereocenters. The molecule has 5 atom stereocenters. The van der Waals surface area contributed by atoms with Gasteiger partial charge in [0.05, 0.1) is 12.6 Å². The Hall–Kier alpha value is -3.47. The highest BCUT2D eigenvalue weighted by Crippen LogP contribution is 2.31. The van der Waals surface area contributed by atoms with Gasteiger partial charge in [-0.3, -0.25) is 19.2 Å². The fourth-order valence-electron chi connectivity index (χ4n) is 5.35. The van der Waals surface area contributed by atoms with Crippen LogP contribution in [0.1, 0.15) is 67.8 Å². The highest BCUT2D eigenvalue weighted by Gasteiger charge is 2.43. The number of fused-ring (bicyclic) bond motifs is 1. The van der Waals surface area contributed by atoms with Crippen molar-refractivity contribution in [2.75, 3.05) is 13.7 Å². The molecule has 3 aliphatic heterocycles. The molecule has 0 aromatic heterocycles. The van der Waals surface area contributed by atoms with Gasteiger partial charge in [-0.1, -0.05) is 25.0 Å². The van der Waals surface area contributed by atoms with Crippen molar-refractivity contribution in [2.45, 2.75) is 88.6 Å². The molecule has 0 bridgehead atoms. The maximum absolute atomic E-state index is 13.5. The van der Waals surface area contributed by atoms with Crippen molar-refractivity contribution in [3.8, 4) is 0 Å². The van der Waals surface area contributed by atoms with Crippen molar-refractivity contribution < 1.29 is 28.7 Å². The maximum atomic E-state index is 13.5. The van der Waals surface area contributed by atoms with Crippen LogP contribution in [0.2, 0.25) is 0 Å². The predicted molar refractivity (Wildman–Crippen MR) is 138 cm³/mol. The van der Waals surface area contributed by atoms with Gasteiger partial charge in [-0.15, -0.1) is 0 Å². The van der Waals surface area contributed by atoms with E-state index in [0.29, 0.717) is 31.4 Å². The maximum Gasteiger partial charge on any atom is 0.328 e. The molecule has 1 aromatic rings. The molecule has 0 aliphatic carbocycles. The van der Waals surface area contributed by atoms with E-state index < -0.39 is 30.1 Å². The number of carbonyl (C=O) groups excluding carboxylic acids is 5. The van der Waals surface area contributed by atoms with E-state index in [1.807, 2.05) is 0 Å². The van der Waals surface area contributed by atoms with Crippen LogP contribution in [0.15, 0.2) is 24.3 Å². The summed E-state index contributed by atoms with van der Waals surface area (Å²) in [4.78, 5) is 65.2. The summed E-state index contributed by atoms with van der Waals surface area (Å²) in [5, 5.41) is 11.4. The third-order valence-electron chi connectivity index (χ3n) is 7.68. The van der Waals surface area contributed by atoms with E-state index in [1.54, 1.807) is 43.1 Å².